The Morgan fingerprint density at radius 2 is 1.84 bits per heavy atom. The van der Waals surface area contributed by atoms with E-state index in [1.807, 2.05) is 37.3 Å². The van der Waals surface area contributed by atoms with Crippen molar-refractivity contribution < 1.29 is 18.4 Å². The van der Waals surface area contributed by atoms with Crippen LogP contribution in [0.2, 0.25) is 0 Å². The molecule has 8 heteroatoms. The fraction of sp³-hybridized carbons (Fsp3) is 0.292. The summed E-state index contributed by atoms with van der Waals surface area (Å²) in [5, 5.41) is 17.5. The zero-order valence-corrected chi connectivity index (χ0v) is 18.1. The molecule has 0 spiro atoms. The second-order valence-corrected chi connectivity index (χ2v) is 8.09. The third kappa shape index (κ3) is 4.45. The van der Waals surface area contributed by atoms with Crippen molar-refractivity contribution in [3.8, 4) is 23.0 Å². The van der Waals surface area contributed by atoms with Crippen LogP contribution >= 0.6 is 0 Å². The Hall–Kier alpha value is -3.39. The average Bonchev–Trinajstić information content (AvgIpc) is 3.41. The van der Waals surface area contributed by atoms with Gasteiger partial charge in [0, 0.05) is 16.8 Å². The molecule has 1 N–H and O–H groups in total. The summed E-state index contributed by atoms with van der Waals surface area (Å²) >= 11 is 0. The first kappa shape index (κ1) is 21.8. The number of hydrogen-bond donors (Lipinski definition) is 1. The Kier molecular flexibility index (Phi) is 5.88. The van der Waals surface area contributed by atoms with Gasteiger partial charge in [-0.05, 0) is 36.1 Å². The van der Waals surface area contributed by atoms with Crippen molar-refractivity contribution >= 4 is 0 Å². The second kappa shape index (κ2) is 8.63. The van der Waals surface area contributed by atoms with Crippen LogP contribution in [0.4, 0.5) is 8.78 Å². The number of benzene rings is 2. The van der Waals surface area contributed by atoms with Gasteiger partial charge in [-0.15, -0.1) is 0 Å². The topological polar surface area (TPSA) is 77.0 Å². The molecule has 4 aromatic rings. The molecular weight excluding hydrogens is 414 g/mol. The highest BCUT2D eigenvalue weighted by molar-refractivity contribution is 5.58. The summed E-state index contributed by atoms with van der Waals surface area (Å²) in [7, 11) is 0. The van der Waals surface area contributed by atoms with Crippen LogP contribution in [0.5, 0.6) is 0 Å². The van der Waals surface area contributed by atoms with Crippen molar-refractivity contribution in [1.29, 1.82) is 0 Å². The maximum absolute atomic E-state index is 13.8. The summed E-state index contributed by atoms with van der Waals surface area (Å²) in [6, 6.07) is 15.8. The van der Waals surface area contributed by atoms with Gasteiger partial charge in [0.25, 0.3) is 11.8 Å². The summed E-state index contributed by atoms with van der Waals surface area (Å²) in [5.74, 6) is -2.09. The molecular formula is C24H24F2N4O2. The molecule has 0 radical (unpaired) electrons. The highest BCUT2D eigenvalue weighted by Crippen LogP contribution is 2.28. The molecule has 2 aromatic heterocycles. The van der Waals surface area contributed by atoms with Crippen molar-refractivity contribution in [3.05, 3.63) is 77.0 Å². The molecule has 0 aliphatic heterocycles. The lowest BCUT2D eigenvalue weighted by atomic mass is 10.0. The average molecular weight is 438 g/mol. The van der Waals surface area contributed by atoms with Crippen molar-refractivity contribution in [2.75, 3.05) is 6.61 Å². The fourth-order valence-corrected chi connectivity index (χ4v) is 3.40. The predicted octanol–water partition coefficient (Wildman–Crippen LogP) is 5.16. The van der Waals surface area contributed by atoms with E-state index in [1.165, 1.54) is 17.7 Å². The van der Waals surface area contributed by atoms with Gasteiger partial charge >= 0.3 is 0 Å². The summed E-state index contributed by atoms with van der Waals surface area (Å²) in [6.45, 7) is 5.19. The number of halogens is 2. The number of nitrogens with zero attached hydrogens (tertiary/aromatic N) is 4. The summed E-state index contributed by atoms with van der Waals surface area (Å²) < 4.78 is 34.7. The van der Waals surface area contributed by atoms with Gasteiger partial charge in [0.15, 0.2) is 5.69 Å². The number of aliphatic hydroxyl groups is 1. The van der Waals surface area contributed by atoms with Crippen LogP contribution in [0.15, 0.2) is 59.1 Å². The van der Waals surface area contributed by atoms with Crippen molar-refractivity contribution in [1.82, 2.24) is 19.9 Å². The van der Waals surface area contributed by atoms with E-state index < -0.39 is 12.5 Å². The first-order valence-electron chi connectivity index (χ1n) is 10.3. The highest BCUT2D eigenvalue weighted by Gasteiger charge is 2.30. The fourth-order valence-electron chi connectivity index (χ4n) is 3.40. The quantitative estimate of drug-likeness (QED) is 0.431. The molecule has 0 atom stereocenters. The third-order valence-corrected chi connectivity index (χ3v) is 5.34. The van der Waals surface area contributed by atoms with Crippen LogP contribution in [0.1, 0.15) is 42.1 Å². The van der Waals surface area contributed by atoms with E-state index in [0.717, 1.165) is 11.3 Å². The molecule has 2 heterocycles. The molecule has 2 aromatic carbocycles. The van der Waals surface area contributed by atoms with Crippen LogP contribution in [-0.4, -0.2) is 31.6 Å². The van der Waals surface area contributed by atoms with Crippen LogP contribution in [0.3, 0.4) is 0 Å². The lowest BCUT2D eigenvalue weighted by Gasteiger charge is -2.14. The van der Waals surface area contributed by atoms with Crippen molar-refractivity contribution in [3.63, 3.8) is 0 Å². The highest BCUT2D eigenvalue weighted by atomic mass is 19.3. The predicted molar refractivity (Wildman–Crippen MR) is 116 cm³/mol. The number of hydrogen-bond acceptors (Lipinski definition) is 5. The molecule has 32 heavy (non-hydrogen) atoms. The zero-order valence-electron chi connectivity index (χ0n) is 18.1. The van der Waals surface area contributed by atoms with Gasteiger partial charge in [-0.3, -0.25) is 4.68 Å². The molecule has 0 aliphatic carbocycles. The number of alkyl halides is 2. The minimum Gasteiger partial charge on any atom is -0.390 e. The maximum atomic E-state index is 13.8. The molecule has 0 saturated heterocycles. The van der Waals surface area contributed by atoms with Gasteiger partial charge in [-0.2, -0.15) is 18.9 Å². The monoisotopic (exact) mass is 438 g/mol. The van der Waals surface area contributed by atoms with E-state index in [2.05, 4.69) is 29.1 Å². The Bertz CT molecular complexity index is 1210. The molecule has 0 aliphatic rings. The largest absolute Gasteiger partial charge is 0.390 e. The normalized spacial score (nSPS) is 12.0. The summed E-state index contributed by atoms with van der Waals surface area (Å²) in [5.41, 5.74) is 3.82. The smallest absolute Gasteiger partial charge is 0.295 e. The summed E-state index contributed by atoms with van der Waals surface area (Å²) in [6.07, 6.45) is 0. The minimum absolute atomic E-state index is 0.229. The van der Waals surface area contributed by atoms with Crippen LogP contribution < -0.4 is 0 Å². The van der Waals surface area contributed by atoms with Gasteiger partial charge in [0.05, 0.1) is 6.54 Å². The second-order valence-electron chi connectivity index (χ2n) is 8.09. The Morgan fingerprint density at radius 1 is 1.09 bits per heavy atom. The van der Waals surface area contributed by atoms with E-state index in [9.17, 15) is 8.78 Å². The molecule has 6 nitrogen and oxygen atoms in total. The standard InChI is InChI=1S/C24H24F2N4O2/c1-15(2)18-7-9-19(10-8-18)22-27-23(32-29-22)21-11-16(3)30(28-21)13-17-5-4-6-20(12-17)24(25,26)14-31/h4-12,15,31H,13-14H2,1-3H3. The van der Waals surface area contributed by atoms with E-state index in [4.69, 9.17) is 9.63 Å². The maximum Gasteiger partial charge on any atom is 0.295 e. The van der Waals surface area contributed by atoms with E-state index in [1.54, 1.807) is 16.8 Å². The Balaban J connectivity index is 1.55. The number of rotatable bonds is 7. The first-order valence-corrected chi connectivity index (χ1v) is 10.3. The van der Waals surface area contributed by atoms with Crippen LogP contribution in [-0.2, 0) is 12.5 Å². The lowest BCUT2D eigenvalue weighted by Crippen LogP contribution is -2.18. The van der Waals surface area contributed by atoms with Crippen LogP contribution in [0, 0.1) is 6.92 Å². The number of aromatic nitrogens is 4. The molecule has 0 saturated carbocycles. The van der Waals surface area contributed by atoms with Crippen molar-refractivity contribution in [2.45, 2.75) is 39.2 Å². The third-order valence-electron chi connectivity index (χ3n) is 5.34. The molecule has 0 bridgehead atoms. The molecule has 166 valence electrons. The Morgan fingerprint density at radius 3 is 2.53 bits per heavy atom. The molecule has 4 rings (SSSR count). The SMILES string of the molecule is Cc1cc(-c2nc(-c3ccc(C(C)C)cc3)no2)nn1Cc1cccc(C(F)(F)CO)c1. The zero-order chi connectivity index (χ0) is 22.9. The van der Waals surface area contributed by atoms with Crippen LogP contribution in [0.25, 0.3) is 23.0 Å². The van der Waals surface area contributed by atoms with Gasteiger partial charge < -0.3 is 9.63 Å². The van der Waals surface area contributed by atoms with Gasteiger partial charge in [-0.1, -0.05) is 61.5 Å². The van der Waals surface area contributed by atoms with E-state index >= 15 is 0 Å². The van der Waals surface area contributed by atoms with E-state index in [0.29, 0.717) is 29.5 Å². The minimum atomic E-state index is -3.28. The molecule has 0 amide bonds. The number of aryl methyl sites for hydroxylation is 1. The first-order chi connectivity index (χ1) is 15.3. The molecule has 0 unspecified atom stereocenters. The van der Waals surface area contributed by atoms with Gasteiger partial charge in [0.2, 0.25) is 5.82 Å². The van der Waals surface area contributed by atoms with Gasteiger partial charge in [-0.25, -0.2) is 0 Å². The number of aliphatic hydroxyl groups excluding tert-OH is 1. The van der Waals surface area contributed by atoms with Gasteiger partial charge in [0.1, 0.15) is 6.61 Å². The Labute approximate surface area is 184 Å². The van der Waals surface area contributed by atoms with Crippen molar-refractivity contribution in [2.24, 2.45) is 0 Å². The van der Waals surface area contributed by atoms with E-state index in [-0.39, 0.29) is 11.5 Å². The lowest BCUT2D eigenvalue weighted by molar-refractivity contribution is -0.0556. The summed E-state index contributed by atoms with van der Waals surface area (Å²) in [4.78, 5) is 4.46. The molecule has 0 fully saturated rings.